The molecule has 1 aliphatic rings. The van der Waals surface area contributed by atoms with Gasteiger partial charge in [0.15, 0.2) is 5.17 Å². The molecule has 0 saturated carbocycles. The van der Waals surface area contributed by atoms with Gasteiger partial charge in [0.05, 0.1) is 16.5 Å². The quantitative estimate of drug-likeness (QED) is 0.778. The molecule has 1 saturated heterocycles. The first-order chi connectivity index (χ1) is 12.2. The topological polar surface area (TPSA) is 41.5 Å². The first kappa shape index (κ1) is 18.8. The van der Waals surface area contributed by atoms with Crippen molar-refractivity contribution in [3.8, 4) is 0 Å². The molecule has 1 N–H and O–H groups in total. The molecule has 2 aromatic carbocycles. The lowest BCUT2D eigenvalue weighted by Crippen LogP contribution is -2.26. The number of hydrogen-bond donors (Lipinski definition) is 1. The summed E-state index contributed by atoms with van der Waals surface area (Å²) in [5, 5.41) is 2.70. The summed E-state index contributed by atoms with van der Waals surface area (Å²) in [4.78, 5) is 16.5. The summed E-state index contributed by atoms with van der Waals surface area (Å²) in [6.45, 7) is 1.96. The number of thioether (sulfide) groups is 1. The Morgan fingerprint density at radius 3 is 2.54 bits per heavy atom. The van der Waals surface area contributed by atoms with Crippen LogP contribution in [0.5, 0.6) is 0 Å². The molecule has 1 aliphatic heterocycles. The van der Waals surface area contributed by atoms with E-state index in [9.17, 15) is 18.0 Å². The van der Waals surface area contributed by atoms with E-state index in [4.69, 9.17) is 11.6 Å². The number of carbonyl (C=O) groups excluding carboxylic acids is 1. The molecule has 26 heavy (non-hydrogen) atoms. The van der Waals surface area contributed by atoms with E-state index in [0.29, 0.717) is 10.9 Å². The van der Waals surface area contributed by atoms with Gasteiger partial charge in [-0.25, -0.2) is 4.99 Å². The second-order valence-corrected chi connectivity index (χ2v) is 7.45. The molecule has 2 aromatic rings. The smallest absolute Gasteiger partial charge is 0.304 e. The molecular formula is C18H14ClF3N2OS. The van der Waals surface area contributed by atoms with Gasteiger partial charge in [-0.1, -0.05) is 41.1 Å². The van der Waals surface area contributed by atoms with Crippen LogP contribution < -0.4 is 5.32 Å². The molecule has 3 nitrogen and oxygen atoms in total. The van der Waals surface area contributed by atoms with Gasteiger partial charge < -0.3 is 5.32 Å². The predicted molar refractivity (Wildman–Crippen MR) is 98.0 cm³/mol. The molecule has 0 spiro atoms. The fourth-order valence-corrected chi connectivity index (χ4v) is 3.65. The number of rotatable bonds is 3. The minimum atomic E-state index is -4.46. The van der Waals surface area contributed by atoms with E-state index in [0.717, 1.165) is 17.7 Å². The van der Waals surface area contributed by atoms with Gasteiger partial charge in [0.25, 0.3) is 0 Å². The molecular weight excluding hydrogens is 385 g/mol. The largest absolute Gasteiger partial charge is 0.416 e. The number of amidine groups is 1. The Morgan fingerprint density at radius 1 is 1.19 bits per heavy atom. The summed E-state index contributed by atoms with van der Waals surface area (Å²) in [6.07, 6.45) is -4.37. The molecule has 8 heteroatoms. The number of nitrogens with one attached hydrogen (secondary N) is 1. The highest BCUT2D eigenvalue weighted by molar-refractivity contribution is 8.15. The molecule has 136 valence electrons. The second kappa shape index (κ2) is 7.32. The average molecular weight is 399 g/mol. The summed E-state index contributed by atoms with van der Waals surface area (Å²) in [7, 11) is 0. The maximum Gasteiger partial charge on any atom is 0.416 e. The van der Waals surface area contributed by atoms with Crippen molar-refractivity contribution in [2.24, 2.45) is 4.99 Å². The number of aryl methyl sites for hydroxylation is 1. The van der Waals surface area contributed by atoms with Gasteiger partial charge in [-0.15, -0.1) is 0 Å². The molecule has 0 aliphatic carbocycles. The number of alkyl halides is 3. The van der Waals surface area contributed by atoms with Gasteiger partial charge in [0.2, 0.25) is 5.91 Å². The maximum absolute atomic E-state index is 12.9. The van der Waals surface area contributed by atoms with Crippen molar-refractivity contribution in [2.75, 3.05) is 0 Å². The molecule has 0 radical (unpaired) electrons. The number of benzene rings is 2. The van der Waals surface area contributed by atoms with Crippen LogP contribution in [0.1, 0.15) is 16.7 Å². The van der Waals surface area contributed by atoms with Crippen molar-refractivity contribution in [1.82, 2.24) is 5.32 Å². The normalized spacial score (nSPS) is 19.0. The van der Waals surface area contributed by atoms with Crippen LogP contribution in [-0.4, -0.2) is 16.3 Å². The fourth-order valence-electron chi connectivity index (χ4n) is 2.44. The number of aliphatic imine (C=N–C) groups is 1. The summed E-state index contributed by atoms with van der Waals surface area (Å²) in [5.41, 5.74) is 1.28. The number of amides is 1. The summed E-state index contributed by atoms with van der Waals surface area (Å²) < 4.78 is 38.6. The van der Waals surface area contributed by atoms with Gasteiger partial charge >= 0.3 is 6.18 Å². The van der Waals surface area contributed by atoms with E-state index in [1.807, 2.05) is 31.2 Å². The minimum absolute atomic E-state index is 0.0895. The number of carbonyl (C=O) groups is 1. The predicted octanol–water partition coefficient (Wildman–Crippen LogP) is 5.13. The lowest BCUT2D eigenvalue weighted by atomic mass is 10.1. The van der Waals surface area contributed by atoms with Gasteiger partial charge in [-0.2, -0.15) is 13.2 Å². The van der Waals surface area contributed by atoms with Crippen molar-refractivity contribution in [1.29, 1.82) is 0 Å². The van der Waals surface area contributed by atoms with Crippen molar-refractivity contribution in [3.05, 3.63) is 64.2 Å². The fraction of sp³-hybridized carbons (Fsp3) is 0.222. The summed E-state index contributed by atoms with van der Waals surface area (Å²) in [6, 6.07) is 10.6. The first-order valence-electron chi connectivity index (χ1n) is 7.71. The zero-order valence-corrected chi connectivity index (χ0v) is 15.2. The van der Waals surface area contributed by atoms with Crippen LogP contribution in [0.25, 0.3) is 0 Å². The number of halogens is 4. The second-order valence-electron chi connectivity index (χ2n) is 5.86. The third-order valence-corrected chi connectivity index (χ3v) is 5.27. The van der Waals surface area contributed by atoms with Crippen LogP contribution >= 0.6 is 23.4 Å². The zero-order chi connectivity index (χ0) is 18.9. The highest BCUT2D eigenvalue weighted by atomic mass is 35.5. The van der Waals surface area contributed by atoms with E-state index in [2.05, 4.69) is 10.3 Å². The third kappa shape index (κ3) is 4.40. The lowest BCUT2D eigenvalue weighted by molar-refractivity contribution is -0.137. The van der Waals surface area contributed by atoms with E-state index in [-0.39, 0.29) is 22.9 Å². The Bertz CT molecular complexity index is 866. The van der Waals surface area contributed by atoms with Crippen LogP contribution in [0.4, 0.5) is 18.9 Å². The monoisotopic (exact) mass is 398 g/mol. The molecule has 1 heterocycles. The Hall–Kier alpha value is -1.99. The number of hydrogen-bond acceptors (Lipinski definition) is 3. The molecule has 0 aromatic heterocycles. The number of nitrogens with zero attached hydrogens (tertiary/aromatic N) is 1. The maximum atomic E-state index is 12.9. The van der Waals surface area contributed by atoms with E-state index in [1.54, 1.807) is 0 Å². The van der Waals surface area contributed by atoms with Crippen LogP contribution in [-0.2, 0) is 17.4 Å². The van der Waals surface area contributed by atoms with Crippen molar-refractivity contribution >= 4 is 40.1 Å². The van der Waals surface area contributed by atoms with Crippen LogP contribution in [0.2, 0.25) is 5.02 Å². The Balaban J connectivity index is 1.77. The highest BCUT2D eigenvalue weighted by Gasteiger charge is 2.33. The zero-order valence-electron chi connectivity index (χ0n) is 13.6. The van der Waals surface area contributed by atoms with Crippen molar-refractivity contribution in [2.45, 2.75) is 24.8 Å². The van der Waals surface area contributed by atoms with Crippen molar-refractivity contribution < 1.29 is 18.0 Å². The first-order valence-corrected chi connectivity index (χ1v) is 8.96. The molecule has 1 fully saturated rings. The van der Waals surface area contributed by atoms with Crippen LogP contribution in [0.3, 0.4) is 0 Å². The lowest BCUT2D eigenvalue weighted by Gasteiger charge is -2.12. The highest BCUT2D eigenvalue weighted by Crippen LogP contribution is 2.34. The van der Waals surface area contributed by atoms with E-state index < -0.39 is 17.0 Å². The van der Waals surface area contributed by atoms with Crippen LogP contribution in [0.15, 0.2) is 47.5 Å². The SMILES string of the molecule is Cc1ccc(N=C2NC(=O)C(Cc3cc(C(F)(F)F)ccc3Cl)S2)cc1. The third-order valence-electron chi connectivity index (χ3n) is 3.82. The van der Waals surface area contributed by atoms with Gasteiger partial charge in [0.1, 0.15) is 0 Å². The van der Waals surface area contributed by atoms with Gasteiger partial charge in [-0.05, 0) is 49.2 Å². The average Bonchev–Trinajstić information content (AvgIpc) is 2.90. The molecule has 1 unspecified atom stereocenters. The summed E-state index contributed by atoms with van der Waals surface area (Å²) >= 11 is 7.20. The van der Waals surface area contributed by atoms with E-state index in [1.165, 1.54) is 17.8 Å². The molecule has 1 atom stereocenters. The molecule has 1 amide bonds. The van der Waals surface area contributed by atoms with Gasteiger partial charge in [0, 0.05) is 5.02 Å². The Morgan fingerprint density at radius 2 is 1.88 bits per heavy atom. The van der Waals surface area contributed by atoms with Gasteiger partial charge in [-0.3, -0.25) is 4.79 Å². The molecule has 0 bridgehead atoms. The summed E-state index contributed by atoms with van der Waals surface area (Å²) in [5.74, 6) is -0.297. The standard InChI is InChI=1S/C18H14ClF3N2OS/c1-10-2-5-13(6-3-10)23-17-24-16(25)15(26-17)9-11-8-12(18(20,21)22)4-7-14(11)19/h2-8,15H,9H2,1H3,(H,23,24,25). The van der Waals surface area contributed by atoms with Crippen LogP contribution in [0, 0.1) is 6.92 Å². The van der Waals surface area contributed by atoms with E-state index >= 15 is 0 Å². The minimum Gasteiger partial charge on any atom is -0.304 e. The molecule has 3 rings (SSSR count). The Kier molecular flexibility index (Phi) is 5.29. The van der Waals surface area contributed by atoms with Crippen molar-refractivity contribution in [3.63, 3.8) is 0 Å². The Labute approximate surface area is 157 Å².